The van der Waals surface area contributed by atoms with Crippen LogP contribution in [0.3, 0.4) is 0 Å². The Balaban J connectivity index is 1.79. The Morgan fingerprint density at radius 2 is 1.83 bits per heavy atom. The van der Waals surface area contributed by atoms with Gasteiger partial charge >= 0.3 is 0 Å². The molecule has 2 aromatic heterocycles. The van der Waals surface area contributed by atoms with Crippen molar-refractivity contribution < 1.29 is 14.3 Å². The number of hydrogen-bond donors (Lipinski definition) is 1. The number of nitrogens with one attached hydrogen (secondary N) is 1. The number of aromatic nitrogens is 1. The van der Waals surface area contributed by atoms with E-state index in [0.29, 0.717) is 27.8 Å². The zero-order valence-electron chi connectivity index (χ0n) is 15.7. The minimum absolute atomic E-state index is 0.277. The second kappa shape index (κ2) is 8.11. The largest absolute Gasteiger partial charge is 0.495 e. The molecule has 0 saturated heterocycles. The molecule has 5 nitrogen and oxygen atoms in total. The fourth-order valence-corrected chi connectivity index (χ4v) is 3.99. The van der Waals surface area contributed by atoms with Crippen molar-refractivity contribution in [1.82, 2.24) is 4.98 Å². The molecule has 0 aliphatic carbocycles. The summed E-state index contributed by atoms with van der Waals surface area (Å²) in [6, 6.07) is 16.6. The molecule has 4 aromatic rings. The van der Waals surface area contributed by atoms with Gasteiger partial charge in [0.2, 0.25) is 0 Å². The van der Waals surface area contributed by atoms with E-state index in [1.807, 2.05) is 41.8 Å². The van der Waals surface area contributed by atoms with E-state index in [1.54, 1.807) is 29.5 Å². The van der Waals surface area contributed by atoms with Gasteiger partial charge in [0, 0.05) is 11.5 Å². The van der Waals surface area contributed by atoms with Gasteiger partial charge in [-0.05, 0) is 29.6 Å². The van der Waals surface area contributed by atoms with Crippen LogP contribution in [-0.4, -0.2) is 25.1 Å². The molecule has 4 rings (SSSR count). The Bertz CT molecular complexity index is 1190. The Morgan fingerprint density at radius 3 is 2.55 bits per heavy atom. The van der Waals surface area contributed by atoms with E-state index in [4.69, 9.17) is 26.1 Å². The fourth-order valence-electron chi connectivity index (χ4n) is 3.06. The molecule has 0 atom stereocenters. The maximum absolute atomic E-state index is 13.2. The lowest BCUT2D eigenvalue weighted by Crippen LogP contribution is -2.14. The predicted molar refractivity (Wildman–Crippen MR) is 118 cm³/mol. The first kappa shape index (κ1) is 19.2. The number of rotatable bonds is 5. The van der Waals surface area contributed by atoms with Gasteiger partial charge in [0.05, 0.1) is 46.6 Å². The van der Waals surface area contributed by atoms with E-state index < -0.39 is 0 Å². The number of hydrogen-bond acceptors (Lipinski definition) is 5. The predicted octanol–water partition coefficient (Wildman–Crippen LogP) is 5.89. The molecular formula is C22H17ClN2O3S. The second-order valence-corrected chi connectivity index (χ2v) is 7.55. The minimum atomic E-state index is -0.277. The molecule has 1 amide bonds. The Hall–Kier alpha value is -3.09. The van der Waals surface area contributed by atoms with Gasteiger partial charge in [0.25, 0.3) is 5.91 Å². The van der Waals surface area contributed by atoms with Crippen LogP contribution in [0.2, 0.25) is 5.02 Å². The highest BCUT2D eigenvalue weighted by Crippen LogP contribution is 2.36. The van der Waals surface area contributed by atoms with Crippen LogP contribution in [0.4, 0.5) is 5.69 Å². The van der Waals surface area contributed by atoms with Crippen molar-refractivity contribution >= 4 is 45.4 Å². The van der Waals surface area contributed by atoms with E-state index in [1.165, 1.54) is 14.2 Å². The number of fused-ring (bicyclic) bond motifs is 1. The Labute approximate surface area is 176 Å². The number of pyridine rings is 1. The quantitative estimate of drug-likeness (QED) is 0.434. The summed E-state index contributed by atoms with van der Waals surface area (Å²) in [6.45, 7) is 0. The van der Waals surface area contributed by atoms with Crippen molar-refractivity contribution in [2.24, 2.45) is 0 Å². The first-order valence-electron chi connectivity index (χ1n) is 8.77. The monoisotopic (exact) mass is 424 g/mol. The number of thiophene rings is 1. The van der Waals surface area contributed by atoms with Crippen LogP contribution in [0.15, 0.2) is 60.0 Å². The van der Waals surface area contributed by atoms with Crippen molar-refractivity contribution in [1.29, 1.82) is 0 Å². The van der Waals surface area contributed by atoms with Crippen LogP contribution in [0.5, 0.6) is 11.5 Å². The third-order valence-corrected chi connectivity index (χ3v) is 5.64. The first-order valence-corrected chi connectivity index (χ1v) is 10.0. The molecule has 7 heteroatoms. The van der Waals surface area contributed by atoms with Gasteiger partial charge in [0.15, 0.2) is 0 Å². The highest BCUT2D eigenvalue weighted by molar-refractivity contribution is 7.13. The number of halogens is 1. The molecule has 0 saturated carbocycles. The van der Waals surface area contributed by atoms with E-state index >= 15 is 0 Å². The van der Waals surface area contributed by atoms with E-state index in [0.717, 1.165) is 21.5 Å². The van der Waals surface area contributed by atoms with Crippen molar-refractivity contribution in [3.8, 4) is 22.1 Å². The van der Waals surface area contributed by atoms with Crippen molar-refractivity contribution in [3.05, 3.63) is 70.6 Å². The lowest BCUT2D eigenvalue weighted by molar-refractivity contribution is 0.102. The normalized spacial score (nSPS) is 10.7. The van der Waals surface area contributed by atoms with Crippen LogP contribution in [-0.2, 0) is 0 Å². The molecule has 2 heterocycles. The minimum Gasteiger partial charge on any atom is -0.495 e. The number of carbonyl (C=O) groups excluding carboxylic acids is 1. The third kappa shape index (κ3) is 3.77. The zero-order valence-corrected chi connectivity index (χ0v) is 17.3. The van der Waals surface area contributed by atoms with Gasteiger partial charge in [-0.25, -0.2) is 4.98 Å². The van der Waals surface area contributed by atoms with Gasteiger partial charge in [0.1, 0.15) is 11.5 Å². The molecule has 2 aromatic carbocycles. The average Bonchev–Trinajstić information content (AvgIpc) is 3.28. The molecule has 146 valence electrons. The Morgan fingerprint density at radius 1 is 1.03 bits per heavy atom. The van der Waals surface area contributed by atoms with Crippen molar-refractivity contribution in [2.45, 2.75) is 0 Å². The first-order chi connectivity index (χ1) is 14.1. The molecule has 0 fully saturated rings. The zero-order chi connectivity index (χ0) is 20.4. The van der Waals surface area contributed by atoms with Crippen LogP contribution in [0.1, 0.15) is 10.4 Å². The summed E-state index contributed by atoms with van der Waals surface area (Å²) in [5.41, 5.74) is 2.49. The van der Waals surface area contributed by atoms with Crippen LogP contribution >= 0.6 is 22.9 Å². The van der Waals surface area contributed by atoms with Crippen LogP contribution < -0.4 is 14.8 Å². The van der Waals surface area contributed by atoms with Gasteiger partial charge in [-0.2, -0.15) is 0 Å². The number of methoxy groups -OCH3 is 2. The molecule has 0 bridgehead atoms. The Kier molecular flexibility index (Phi) is 5.38. The van der Waals surface area contributed by atoms with E-state index in [2.05, 4.69) is 5.32 Å². The lowest BCUT2D eigenvalue weighted by atomic mass is 10.1. The molecule has 0 unspecified atom stereocenters. The molecule has 29 heavy (non-hydrogen) atoms. The van der Waals surface area contributed by atoms with Gasteiger partial charge in [-0.3, -0.25) is 4.79 Å². The maximum atomic E-state index is 13.2. The molecule has 1 N–H and O–H groups in total. The summed E-state index contributed by atoms with van der Waals surface area (Å²) in [5, 5.41) is 6.03. The molecule has 0 aliphatic heterocycles. The van der Waals surface area contributed by atoms with Crippen LogP contribution in [0.25, 0.3) is 21.5 Å². The summed E-state index contributed by atoms with van der Waals surface area (Å²) in [5.74, 6) is 0.647. The number of carbonyl (C=O) groups is 1. The second-order valence-electron chi connectivity index (χ2n) is 6.19. The number of nitrogens with zero attached hydrogens (tertiary/aromatic N) is 1. The van der Waals surface area contributed by atoms with Crippen molar-refractivity contribution in [3.63, 3.8) is 0 Å². The smallest absolute Gasteiger partial charge is 0.256 e. The number of ether oxygens (including phenoxy) is 2. The van der Waals surface area contributed by atoms with Gasteiger partial charge < -0.3 is 14.8 Å². The summed E-state index contributed by atoms with van der Waals surface area (Å²) >= 11 is 7.81. The summed E-state index contributed by atoms with van der Waals surface area (Å²) < 4.78 is 10.6. The van der Waals surface area contributed by atoms with Crippen LogP contribution in [0, 0.1) is 0 Å². The third-order valence-electron chi connectivity index (χ3n) is 4.46. The standard InChI is InChI=1S/C22H17ClN2O3S/c1-27-19-12-20(28-2)17(11-15(19)23)25-22(26)14-10-18(21-8-5-9-29-21)24-16-7-4-3-6-13(14)16/h3-12H,1-2H3,(H,25,26). The van der Waals surface area contributed by atoms with Gasteiger partial charge in [-0.1, -0.05) is 35.9 Å². The maximum Gasteiger partial charge on any atom is 0.256 e. The van der Waals surface area contributed by atoms with E-state index in [9.17, 15) is 4.79 Å². The highest BCUT2D eigenvalue weighted by atomic mass is 35.5. The summed E-state index contributed by atoms with van der Waals surface area (Å²) in [7, 11) is 3.04. The molecule has 0 spiro atoms. The molecule has 0 radical (unpaired) electrons. The van der Waals surface area contributed by atoms with E-state index in [-0.39, 0.29) is 5.91 Å². The lowest BCUT2D eigenvalue weighted by Gasteiger charge is -2.14. The summed E-state index contributed by atoms with van der Waals surface area (Å²) in [4.78, 5) is 18.9. The topological polar surface area (TPSA) is 60.5 Å². The number of benzene rings is 2. The van der Waals surface area contributed by atoms with Gasteiger partial charge in [-0.15, -0.1) is 11.3 Å². The SMILES string of the molecule is COc1cc(OC)c(NC(=O)c2cc(-c3cccs3)nc3ccccc23)cc1Cl. The molecule has 0 aliphatic rings. The fraction of sp³-hybridized carbons (Fsp3) is 0.0909. The highest BCUT2D eigenvalue weighted by Gasteiger charge is 2.17. The average molecular weight is 425 g/mol. The van der Waals surface area contributed by atoms with Crippen molar-refractivity contribution in [2.75, 3.05) is 19.5 Å². The number of amides is 1. The number of anilines is 1. The number of para-hydroxylation sites is 1. The molecular weight excluding hydrogens is 408 g/mol. The summed E-state index contributed by atoms with van der Waals surface area (Å²) in [6.07, 6.45) is 0.